The van der Waals surface area contributed by atoms with Crippen LogP contribution in [0.5, 0.6) is 0 Å². The summed E-state index contributed by atoms with van der Waals surface area (Å²) in [5.74, 6) is -1.72. The third kappa shape index (κ3) is 4.70. The van der Waals surface area contributed by atoms with E-state index in [0.717, 1.165) is 0 Å². The molecule has 0 saturated heterocycles. The van der Waals surface area contributed by atoms with E-state index in [2.05, 4.69) is 20.8 Å². The lowest BCUT2D eigenvalue weighted by Gasteiger charge is -2.03. The number of hydrazone groups is 1. The molecule has 6 nitrogen and oxygen atoms in total. The molecule has 1 aromatic heterocycles. The first-order valence-electron chi connectivity index (χ1n) is 5.96. The van der Waals surface area contributed by atoms with E-state index in [4.69, 9.17) is 11.6 Å². The Morgan fingerprint density at radius 3 is 2.71 bits per heavy atom. The maximum atomic E-state index is 11.6. The number of rotatable bonds is 3. The van der Waals surface area contributed by atoms with Crippen LogP contribution in [0.1, 0.15) is 5.69 Å². The minimum Gasteiger partial charge on any atom is -0.318 e. The molecular formula is C14H11ClN4O2. The molecule has 0 aliphatic rings. The van der Waals surface area contributed by atoms with Gasteiger partial charge in [0.05, 0.1) is 11.9 Å². The van der Waals surface area contributed by atoms with Crippen LogP contribution in [0.15, 0.2) is 53.8 Å². The van der Waals surface area contributed by atoms with Crippen LogP contribution in [0.4, 0.5) is 5.69 Å². The highest BCUT2D eigenvalue weighted by Gasteiger charge is 2.12. The van der Waals surface area contributed by atoms with Gasteiger partial charge in [-0.3, -0.25) is 14.6 Å². The number of amides is 2. The number of carbonyl (C=O) groups is 2. The third-order valence-electron chi connectivity index (χ3n) is 2.34. The Morgan fingerprint density at radius 1 is 1.14 bits per heavy atom. The SMILES string of the molecule is O=C(N/N=C/c1ccccn1)C(=O)Nc1cccc(Cl)c1. The molecule has 2 aromatic rings. The predicted molar refractivity (Wildman–Crippen MR) is 80.1 cm³/mol. The minimum absolute atomic E-state index is 0.427. The van der Waals surface area contributed by atoms with Gasteiger partial charge in [-0.2, -0.15) is 5.10 Å². The highest BCUT2D eigenvalue weighted by atomic mass is 35.5. The average molecular weight is 303 g/mol. The molecule has 2 N–H and O–H groups in total. The van der Waals surface area contributed by atoms with Crippen LogP contribution in [0, 0.1) is 0 Å². The van der Waals surface area contributed by atoms with Crippen LogP contribution in [-0.4, -0.2) is 23.0 Å². The molecule has 2 amide bonds. The Bertz CT molecular complexity index is 674. The van der Waals surface area contributed by atoms with Crippen LogP contribution in [0.25, 0.3) is 0 Å². The number of aromatic nitrogens is 1. The van der Waals surface area contributed by atoms with Crippen molar-refractivity contribution >= 4 is 35.3 Å². The standard InChI is InChI=1S/C14H11ClN4O2/c15-10-4-3-6-11(8-10)18-13(20)14(21)19-17-9-12-5-1-2-7-16-12/h1-9H,(H,18,20)(H,19,21)/b17-9+. The summed E-state index contributed by atoms with van der Waals surface area (Å²) in [7, 11) is 0. The molecule has 1 aromatic carbocycles. The van der Waals surface area contributed by atoms with E-state index in [1.54, 1.807) is 42.6 Å². The first-order chi connectivity index (χ1) is 10.1. The van der Waals surface area contributed by atoms with E-state index in [0.29, 0.717) is 16.4 Å². The monoisotopic (exact) mass is 302 g/mol. The van der Waals surface area contributed by atoms with Crippen molar-refractivity contribution in [3.63, 3.8) is 0 Å². The molecule has 1 heterocycles. The largest absolute Gasteiger partial charge is 0.329 e. The topological polar surface area (TPSA) is 83.5 Å². The molecule has 0 atom stereocenters. The highest BCUT2D eigenvalue weighted by Crippen LogP contribution is 2.14. The Hall–Kier alpha value is -2.73. The van der Waals surface area contributed by atoms with Gasteiger partial charge in [-0.05, 0) is 30.3 Å². The lowest BCUT2D eigenvalue weighted by Crippen LogP contribution is -2.32. The molecule has 0 aliphatic carbocycles. The lowest BCUT2D eigenvalue weighted by molar-refractivity contribution is -0.136. The zero-order chi connectivity index (χ0) is 15.1. The molecule has 0 spiro atoms. The van der Waals surface area contributed by atoms with Gasteiger partial charge in [-0.1, -0.05) is 23.7 Å². The number of carbonyl (C=O) groups excluding carboxylic acids is 2. The van der Waals surface area contributed by atoms with Gasteiger partial charge in [-0.15, -0.1) is 0 Å². The molecular weight excluding hydrogens is 292 g/mol. The third-order valence-corrected chi connectivity index (χ3v) is 2.57. The van der Waals surface area contributed by atoms with Crippen molar-refractivity contribution in [1.29, 1.82) is 0 Å². The van der Waals surface area contributed by atoms with Crippen molar-refractivity contribution in [3.8, 4) is 0 Å². The van der Waals surface area contributed by atoms with Crippen LogP contribution >= 0.6 is 11.6 Å². The van der Waals surface area contributed by atoms with Gasteiger partial charge >= 0.3 is 11.8 Å². The van der Waals surface area contributed by atoms with Crippen molar-refractivity contribution in [2.75, 3.05) is 5.32 Å². The Balaban J connectivity index is 1.88. The molecule has 0 aliphatic heterocycles. The minimum atomic E-state index is -0.887. The smallest absolute Gasteiger partial charge is 0.318 e. The molecule has 2 rings (SSSR count). The Kier molecular flexibility index (Phi) is 5.00. The van der Waals surface area contributed by atoms with Crippen LogP contribution in [0.3, 0.4) is 0 Å². The van der Waals surface area contributed by atoms with E-state index in [9.17, 15) is 9.59 Å². The summed E-state index contributed by atoms with van der Waals surface area (Å²) in [5.41, 5.74) is 3.10. The number of hydrogen-bond acceptors (Lipinski definition) is 4. The van der Waals surface area contributed by atoms with Gasteiger partial charge in [0, 0.05) is 16.9 Å². The number of hydrogen-bond donors (Lipinski definition) is 2. The summed E-state index contributed by atoms with van der Waals surface area (Å²) in [6.07, 6.45) is 2.93. The van der Waals surface area contributed by atoms with E-state index >= 15 is 0 Å². The summed E-state index contributed by atoms with van der Waals surface area (Å²) in [4.78, 5) is 27.1. The molecule has 0 bridgehead atoms. The van der Waals surface area contributed by atoms with Gasteiger partial charge in [0.1, 0.15) is 0 Å². The summed E-state index contributed by atoms with van der Waals surface area (Å²) in [6, 6.07) is 11.7. The molecule has 0 unspecified atom stereocenters. The summed E-state index contributed by atoms with van der Waals surface area (Å²) in [5, 5.41) is 6.51. The fourth-order valence-corrected chi connectivity index (χ4v) is 1.60. The predicted octanol–water partition coefficient (Wildman–Crippen LogP) is 1.82. The molecule has 106 valence electrons. The second-order valence-electron chi connectivity index (χ2n) is 3.92. The van der Waals surface area contributed by atoms with Crippen molar-refractivity contribution < 1.29 is 9.59 Å². The van der Waals surface area contributed by atoms with Gasteiger partial charge < -0.3 is 5.32 Å². The fourth-order valence-electron chi connectivity index (χ4n) is 1.41. The maximum absolute atomic E-state index is 11.6. The van der Waals surface area contributed by atoms with E-state index in [1.807, 2.05) is 0 Å². The second kappa shape index (κ2) is 7.16. The molecule has 7 heteroatoms. The summed E-state index contributed by atoms with van der Waals surface area (Å²) in [6.45, 7) is 0. The van der Waals surface area contributed by atoms with Gasteiger partial charge in [0.15, 0.2) is 0 Å². The van der Waals surface area contributed by atoms with E-state index < -0.39 is 11.8 Å². The first-order valence-corrected chi connectivity index (χ1v) is 6.34. The molecule has 0 fully saturated rings. The maximum Gasteiger partial charge on any atom is 0.329 e. The zero-order valence-electron chi connectivity index (χ0n) is 10.8. The number of nitrogens with one attached hydrogen (secondary N) is 2. The summed E-state index contributed by atoms with van der Waals surface area (Å²) >= 11 is 5.78. The number of benzene rings is 1. The average Bonchev–Trinajstić information content (AvgIpc) is 2.48. The first kappa shape index (κ1) is 14.7. The van der Waals surface area contributed by atoms with Crippen LogP contribution < -0.4 is 10.7 Å². The molecule has 21 heavy (non-hydrogen) atoms. The van der Waals surface area contributed by atoms with Crippen molar-refractivity contribution in [2.45, 2.75) is 0 Å². The van der Waals surface area contributed by atoms with Crippen LogP contribution in [0.2, 0.25) is 5.02 Å². The lowest BCUT2D eigenvalue weighted by atomic mass is 10.3. The van der Waals surface area contributed by atoms with Gasteiger partial charge in [0.2, 0.25) is 0 Å². The number of pyridine rings is 1. The van der Waals surface area contributed by atoms with Gasteiger partial charge in [-0.25, -0.2) is 5.43 Å². The Labute approximate surface area is 125 Å². The Morgan fingerprint density at radius 2 is 2.00 bits per heavy atom. The zero-order valence-corrected chi connectivity index (χ0v) is 11.5. The molecule has 0 radical (unpaired) electrons. The van der Waals surface area contributed by atoms with Gasteiger partial charge in [0.25, 0.3) is 0 Å². The fraction of sp³-hybridized carbons (Fsp3) is 0. The van der Waals surface area contributed by atoms with Crippen LogP contribution in [-0.2, 0) is 9.59 Å². The van der Waals surface area contributed by atoms with Crippen molar-refractivity contribution in [1.82, 2.24) is 10.4 Å². The number of nitrogens with zero attached hydrogens (tertiary/aromatic N) is 2. The van der Waals surface area contributed by atoms with Crippen molar-refractivity contribution in [3.05, 3.63) is 59.4 Å². The van der Waals surface area contributed by atoms with E-state index in [1.165, 1.54) is 12.3 Å². The second-order valence-corrected chi connectivity index (χ2v) is 4.35. The quantitative estimate of drug-likeness (QED) is 0.515. The highest BCUT2D eigenvalue weighted by molar-refractivity contribution is 6.39. The van der Waals surface area contributed by atoms with Crippen molar-refractivity contribution in [2.24, 2.45) is 5.10 Å². The number of halogens is 1. The molecule has 0 saturated carbocycles. The number of anilines is 1. The normalized spacial score (nSPS) is 10.3. The summed E-state index contributed by atoms with van der Waals surface area (Å²) < 4.78 is 0. The van der Waals surface area contributed by atoms with E-state index in [-0.39, 0.29) is 0 Å².